The van der Waals surface area contributed by atoms with Gasteiger partial charge in [-0.3, -0.25) is 9.78 Å². The number of aliphatic hydroxyl groups excluding tert-OH is 1. The third-order valence-corrected chi connectivity index (χ3v) is 2.26. The number of carbonyl (C=O) groups is 2. The molecule has 0 aliphatic heterocycles. The molecule has 0 aliphatic carbocycles. The number of hydrogen-bond acceptors (Lipinski definition) is 4. The smallest absolute Gasteiger partial charge is 0.328 e. The van der Waals surface area contributed by atoms with E-state index in [2.05, 4.69) is 10.3 Å². The first-order chi connectivity index (χ1) is 7.95. The van der Waals surface area contributed by atoms with Crippen LogP contribution in [0.5, 0.6) is 0 Å². The van der Waals surface area contributed by atoms with Gasteiger partial charge in [0.2, 0.25) is 0 Å². The highest BCUT2D eigenvalue weighted by molar-refractivity contribution is 5.97. The van der Waals surface area contributed by atoms with E-state index in [0.29, 0.717) is 11.3 Å². The van der Waals surface area contributed by atoms with Gasteiger partial charge in [-0.15, -0.1) is 0 Å². The number of pyridine rings is 1. The van der Waals surface area contributed by atoms with E-state index in [-0.39, 0.29) is 0 Å². The number of rotatable bonds is 4. The monoisotopic (exact) mass is 238 g/mol. The molecule has 0 bridgehead atoms. The zero-order chi connectivity index (χ0) is 13.0. The van der Waals surface area contributed by atoms with Crippen molar-refractivity contribution in [1.29, 1.82) is 0 Å². The summed E-state index contributed by atoms with van der Waals surface area (Å²) in [4.78, 5) is 26.5. The fourth-order valence-electron chi connectivity index (χ4n) is 1.35. The van der Waals surface area contributed by atoms with Crippen LogP contribution in [0.4, 0.5) is 0 Å². The van der Waals surface area contributed by atoms with Crippen molar-refractivity contribution in [1.82, 2.24) is 10.3 Å². The number of amides is 1. The number of carboxylic acids is 1. The average molecular weight is 238 g/mol. The number of carboxylic acid groups (broad SMARTS) is 1. The minimum atomic E-state index is -1.30. The first kappa shape index (κ1) is 13.1. The highest BCUT2D eigenvalue weighted by Crippen LogP contribution is 2.06. The molecule has 0 aromatic carbocycles. The van der Waals surface area contributed by atoms with Crippen LogP contribution < -0.4 is 5.32 Å². The van der Waals surface area contributed by atoms with E-state index in [1.807, 2.05) is 0 Å². The summed E-state index contributed by atoms with van der Waals surface area (Å²) in [6, 6.07) is 1.93. The predicted molar refractivity (Wildman–Crippen MR) is 59.7 cm³/mol. The second kappa shape index (κ2) is 5.40. The van der Waals surface area contributed by atoms with Crippen LogP contribution in [0.2, 0.25) is 0 Å². The summed E-state index contributed by atoms with van der Waals surface area (Å²) in [5.41, 5.74) is 1.59. The van der Waals surface area contributed by atoms with Crippen molar-refractivity contribution in [2.24, 2.45) is 0 Å². The summed E-state index contributed by atoms with van der Waals surface area (Å²) < 4.78 is 0. The molecular formula is C11H14N2O4. The molecule has 1 heterocycles. The summed E-state index contributed by atoms with van der Waals surface area (Å²) in [5.74, 6) is -1.84. The molecule has 0 fully saturated rings. The summed E-state index contributed by atoms with van der Waals surface area (Å²) in [5, 5.41) is 19.7. The maximum absolute atomic E-state index is 11.7. The molecule has 0 spiro atoms. The quantitative estimate of drug-likeness (QED) is 0.678. The van der Waals surface area contributed by atoms with Crippen LogP contribution in [-0.4, -0.2) is 39.7 Å². The van der Waals surface area contributed by atoms with E-state index < -0.39 is 24.5 Å². The number of hydrogen-bond donors (Lipinski definition) is 3. The largest absolute Gasteiger partial charge is 0.480 e. The zero-order valence-electron chi connectivity index (χ0n) is 9.60. The van der Waals surface area contributed by atoms with E-state index in [1.54, 1.807) is 26.0 Å². The number of carbonyl (C=O) groups excluding carboxylic acids is 1. The van der Waals surface area contributed by atoms with Gasteiger partial charge in [0.15, 0.2) is 6.04 Å². The van der Waals surface area contributed by atoms with Crippen LogP contribution in [0.1, 0.15) is 21.7 Å². The van der Waals surface area contributed by atoms with Crippen LogP contribution >= 0.6 is 0 Å². The molecule has 0 unspecified atom stereocenters. The van der Waals surface area contributed by atoms with Gasteiger partial charge < -0.3 is 15.5 Å². The number of aromatic nitrogens is 1. The van der Waals surface area contributed by atoms with Crippen LogP contribution in [0, 0.1) is 13.8 Å². The second-order valence-electron chi connectivity index (χ2n) is 3.63. The van der Waals surface area contributed by atoms with Crippen molar-refractivity contribution in [2.45, 2.75) is 19.9 Å². The second-order valence-corrected chi connectivity index (χ2v) is 3.63. The fourth-order valence-corrected chi connectivity index (χ4v) is 1.35. The summed E-state index contributed by atoms with van der Waals surface area (Å²) in [6.45, 7) is 2.80. The molecule has 1 atom stereocenters. The fraction of sp³-hybridized carbons (Fsp3) is 0.364. The van der Waals surface area contributed by atoms with Gasteiger partial charge in [0.25, 0.3) is 5.91 Å². The lowest BCUT2D eigenvalue weighted by molar-refractivity contribution is -0.140. The number of aliphatic hydroxyl groups is 1. The van der Waals surface area contributed by atoms with E-state index in [1.165, 1.54) is 0 Å². The van der Waals surface area contributed by atoms with Gasteiger partial charge in [-0.2, -0.15) is 0 Å². The van der Waals surface area contributed by atoms with Crippen molar-refractivity contribution in [2.75, 3.05) is 6.61 Å². The van der Waals surface area contributed by atoms with Crippen LogP contribution in [-0.2, 0) is 4.79 Å². The molecule has 1 rings (SSSR count). The molecule has 1 aromatic heterocycles. The van der Waals surface area contributed by atoms with Gasteiger partial charge in [-0.25, -0.2) is 4.79 Å². The summed E-state index contributed by atoms with van der Waals surface area (Å²) in [7, 11) is 0. The van der Waals surface area contributed by atoms with Crippen molar-refractivity contribution in [3.8, 4) is 0 Å². The SMILES string of the molecule is Cc1ccc(C(=O)N[C@H](CO)C(=O)O)c(C)n1. The van der Waals surface area contributed by atoms with E-state index in [4.69, 9.17) is 10.2 Å². The Bertz CT molecular complexity index is 445. The molecule has 6 heteroatoms. The third kappa shape index (κ3) is 3.25. The highest BCUT2D eigenvalue weighted by atomic mass is 16.4. The van der Waals surface area contributed by atoms with E-state index >= 15 is 0 Å². The lowest BCUT2D eigenvalue weighted by atomic mass is 10.1. The Morgan fingerprint density at radius 1 is 1.41 bits per heavy atom. The van der Waals surface area contributed by atoms with Gasteiger partial charge in [-0.05, 0) is 26.0 Å². The van der Waals surface area contributed by atoms with Crippen LogP contribution in [0.25, 0.3) is 0 Å². The van der Waals surface area contributed by atoms with Crippen LogP contribution in [0.3, 0.4) is 0 Å². The maximum Gasteiger partial charge on any atom is 0.328 e. The Kier molecular flexibility index (Phi) is 4.17. The topological polar surface area (TPSA) is 99.5 Å². The normalized spacial score (nSPS) is 11.9. The summed E-state index contributed by atoms with van der Waals surface area (Å²) in [6.07, 6.45) is 0. The van der Waals surface area contributed by atoms with Gasteiger partial charge >= 0.3 is 5.97 Å². The van der Waals surface area contributed by atoms with Crippen molar-refractivity contribution in [3.63, 3.8) is 0 Å². The molecular weight excluding hydrogens is 224 g/mol. The van der Waals surface area contributed by atoms with Crippen LogP contribution in [0.15, 0.2) is 12.1 Å². The zero-order valence-corrected chi connectivity index (χ0v) is 9.60. The number of aryl methyl sites for hydroxylation is 2. The molecule has 0 saturated carbocycles. The Morgan fingerprint density at radius 3 is 2.53 bits per heavy atom. The van der Waals surface area contributed by atoms with Gasteiger partial charge in [-0.1, -0.05) is 0 Å². The molecule has 1 aromatic rings. The lowest BCUT2D eigenvalue weighted by Gasteiger charge is -2.12. The number of aliphatic carboxylic acids is 1. The first-order valence-corrected chi connectivity index (χ1v) is 5.04. The van der Waals surface area contributed by atoms with Crippen molar-refractivity contribution in [3.05, 3.63) is 29.1 Å². The minimum Gasteiger partial charge on any atom is -0.480 e. The Balaban J connectivity index is 2.86. The Hall–Kier alpha value is -1.95. The molecule has 1 amide bonds. The first-order valence-electron chi connectivity index (χ1n) is 5.04. The molecule has 0 aliphatic rings. The molecule has 17 heavy (non-hydrogen) atoms. The Morgan fingerprint density at radius 2 is 2.06 bits per heavy atom. The molecule has 3 N–H and O–H groups in total. The third-order valence-electron chi connectivity index (χ3n) is 2.26. The number of nitrogens with zero attached hydrogens (tertiary/aromatic N) is 1. The Labute approximate surface area is 98.3 Å². The lowest BCUT2D eigenvalue weighted by Crippen LogP contribution is -2.43. The minimum absolute atomic E-state index is 0.301. The van der Waals surface area contributed by atoms with Crippen molar-refractivity contribution >= 4 is 11.9 Å². The highest BCUT2D eigenvalue weighted by Gasteiger charge is 2.20. The van der Waals surface area contributed by atoms with E-state index in [0.717, 1.165) is 5.69 Å². The maximum atomic E-state index is 11.7. The molecule has 92 valence electrons. The average Bonchev–Trinajstić information content (AvgIpc) is 2.24. The van der Waals surface area contributed by atoms with Gasteiger partial charge in [0.05, 0.1) is 17.9 Å². The van der Waals surface area contributed by atoms with Gasteiger partial charge in [0.1, 0.15) is 0 Å². The van der Waals surface area contributed by atoms with E-state index in [9.17, 15) is 9.59 Å². The molecule has 0 radical (unpaired) electrons. The van der Waals surface area contributed by atoms with Gasteiger partial charge in [0, 0.05) is 5.69 Å². The predicted octanol–water partition coefficient (Wildman–Crippen LogP) is -0.126. The molecule has 0 saturated heterocycles. The number of nitrogens with one attached hydrogen (secondary N) is 1. The summed E-state index contributed by atoms with van der Waals surface area (Å²) >= 11 is 0. The molecule has 6 nitrogen and oxygen atoms in total. The standard InChI is InChI=1S/C11H14N2O4/c1-6-3-4-8(7(2)12-6)10(15)13-9(5-14)11(16)17/h3-4,9,14H,5H2,1-2H3,(H,13,15)(H,16,17)/t9-/m1/s1. The van der Waals surface area contributed by atoms with Crippen molar-refractivity contribution < 1.29 is 19.8 Å².